The Bertz CT molecular complexity index is 411. The molecule has 1 heterocycles. The molecule has 0 amide bonds. The highest BCUT2D eigenvalue weighted by atomic mass is 35.5. The maximum atomic E-state index is 14.0. The van der Waals surface area contributed by atoms with Crippen molar-refractivity contribution in [3.8, 4) is 0 Å². The molecule has 1 aliphatic rings. The van der Waals surface area contributed by atoms with Gasteiger partial charge < -0.3 is 5.32 Å². The van der Waals surface area contributed by atoms with Crippen molar-refractivity contribution >= 4 is 23.4 Å². The number of rotatable bonds is 3. The fourth-order valence-electron chi connectivity index (χ4n) is 2.21. The van der Waals surface area contributed by atoms with E-state index >= 15 is 0 Å². The minimum absolute atomic E-state index is 0.0717. The molecule has 0 fully saturated rings. The van der Waals surface area contributed by atoms with Crippen LogP contribution in [0.4, 0.5) is 4.39 Å². The van der Waals surface area contributed by atoms with Crippen LogP contribution in [0, 0.1) is 5.82 Å². The van der Waals surface area contributed by atoms with Gasteiger partial charge in [0.05, 0.1) is 0 Å². The summed E-state index contributed by atoms with van der Waals surface area (Å²) in [6, 6.07) is 3.20. The lowest BCUT2D eigenvalue weighted by atomic mass is 9.97. The highest BCUT2D eigenvalue weighted by Gasteiger charge is 2.30. The van der Waals surface area contributed by atoms with Crippen molar-refractivity contribution in [1.82, 2.24) is 5.32 Å². The van der Waals surface area contributed by atoms with E-state index in [2.05, 4.69) is 19.2 Å². The van der Waals surface area contributed by atoms with E-state index in [1.54, 1.807) is 6.07 Å². The molecule has 94 valence electrons. The first kappa shape index (κ1) is 13.2. The Morgan fingerprint density at radius 1 is 1.53 bits per heavy atom. The van der Waals surface area contributed by atoms with E-state index in [4.69, 9.17) is 11.6 Å². The fourth-order valence-corrected chi connectivity index (χ4v) is 3.68. The van der Waals surface area contributed by atoms with Gasteiger partial charge >= 0.3 is 0 Å². The van der Waals surface area contributed by atoms with Crippen LogP contribution >= 0.6 is 23.4 Å². The van der Waals surface area contributed by atoms with Crippen LogP contribution in [-0.2, 0) is 5.75 Å². The molecule has 0 aliphatic carbocycles. The molecule has 2 atom stereocenters. The first-order valence-corrected chi connectivity index (χ1v) is 7.39. The average molecular weight is 274 g/mol. The van der Waals surface area contributed by atoms with Gasteiger partial charge in [0.1, 0.15) is 5.82 Å². The molecule has 0 saturated heterocycles. The van der Waals surface area contributed by atoms with Crippen LogP contribution in [0.5, 0.6) is 0 Å². The van der Waals surface area contributed by atoms with Gasteiger partial charge in [-0.15, -0.1) is 0 Å². The summed E-state index contributed by atoms with van der Waals surface area (Å²) >= 11 is 7.98. The first-order chi connectivity index (χ1) is 8.15. The van der Waals surface area contributed by atoms with Crippen molar-refractivity contribution < 1.29 is 4.39 Å². The summed E-state index contributed by atoms with van der Waals surface area (Å²) in [4.78, 5) is 0. The van der Waals surface area contributed by atoms with Gasteiger partial charge in [0.25, 0.3) is 0 Å². The molecule has 1 N–H and O–H groups in total. The molecule has 1 aromatic rings. The topological polar surface area (TPSA) is 12.0 Å². The van der Waals surface area contributed by atoms with Crippen molar-refractivity contribution in [3.05, 3.63) is 34.1 Å². The number of thioether (sulfide) groups is 1. The van der Waals surface area contributed by atoms with Crippen molar-refractivity contribution in [2.24, 2.45) is 0 Å². The van der Waals surface area contributed by atoms with Crippen LogP contribution in [-0.4, -0.2) is 11.8 Å². The molecule has 17 heavy (non-hydrogen) atoms. The molecule has 0 aromatic heterocycles. The largest absolute Gasteiger partial charge is 0.309 e. The maximum absolute atomic E-state index is 14.0. The summed E-state index contributed by atoms with van der Waals surface area (Å²) in [5.74, 6) is 0.669. The normalized spacial score (nSPS) is 23.5. The molecule has 1 aliphatic heterocycles. The van der Waals surface area contributed by atoms with Crippen LogP contribution in [0.15, 0.2) is 12.1 Å². The molecule has 1 nitrogen and oxygen atoms in total. The third-order valence-corrected chi connectivity index (χ3v) is 4.74. The van der Waals surface area contributed by atoms with E-state index in [0.29, 0.717) is 10.3 Å². The first-order valence-electron chi connectivity index (χ1n) is 5.97. The highest BCUT2D eigenvalue weighted by Crippen LogP contribution is 2.41. The third-order valence-electron chi connectivity index (χ3n) is 3.13. The molecular formula is C13H17ClFNS. The summed E-state index contributed by atoms with van der Waals surface area (Å²) in [5.41, 5.74) is 1.74. The van der Waals surface area contributed by atoms with E-state index in [9.17, 15) is 4.39 Å². The van der Waals surface area contributed by atoms with Gasteiger partial charge in [0.15, 0.2) is 0 Å². The molecule has 1 aromatic carbocycles. The van der Waals surface area contributed by atoms with Gasteiger partial charge in [0.2, 0.25) is 0 Å². The van der Waals surface area contributed by atoms with E-state index in [0.717, 1.165) is 29.8 Å². The molecular weight excluding hydrogens is 257 g/mol. The third kappa shape index (κ3) is 2.61. The smallest absolute Gasteiger partial charge is 0.128 e. The molecule has 0 radical (unpaired) electrons. The van der Waals surface area contributed by atoms with Gasteiger partial charge in [-0.3, -0.25) is 0 Å². The SMILES string of the molecule is CCCNC1c2c(F)ccc(Cl)c2CSC1C. The zero-order valence-electron chi connectivity index (χ0n) is 10.1. The van der Waals surface area contributed by atoms with Gasteiger partial charge in [-0.1, -0.05) is 25.4 Å². The summed E-state index contributed by atoms with van der Waals surface area (Å²) in [6.45, 7) is 5.16. The predicted molar refractivity (Wildman–Crippen MR) is 73.2 cm³/mol. The monoisotopic (exact) mass is 273 g/mol. The van der Waals surface area contributed by atoms with E-state index < -0.39 is 0 Å². The fraction of sp³-hybridized carbons (Fsp3) is 0.538. The Morgan fingerprint density at radius 2 is 2.29 bits per heavy atom. The maximum Gasteiger partial charge on any atom is 0.128 e. The number of nitrogens with one attached hydrogen (secondary N) is 1. The Kier molecular flexibility index (Phi) is 4.34. The Hall–Kier alpha value is -0.250. The van der Waals surface area contributed by atoms with Crippen molar-refractivity contribution in [2.45, 2.75) is 37.3 Å². The predicted octanol–water partition coefficient (Wildman–Crippen LogP) is 4.16. The average Bonchev–Trinajstić information content (AvgIpc) is 2.32. The molecule has 2 rings (SSSR count). The molecule has 0 saturated carbocycles. The molecule has 0 spiro atoms. The quantitative estimate of drug-likeness (QED) is 0.888. The molecule has 0 bridgehead atoms. The zero-order valence-corrected chi connectivity index (χ0v) is 11.7. The number of benzene rings is 1. The number of hydrogen-bond acceptors (Lipinski definition) is 2. The standard InChI is InChI=1S/C13H17ClFNS/c1-3-6-16-13-8(2)17-7-9-10(14)4-5-11(15)12(9)13/h4-5,8,13,16H,3,6-7H2,1-2H3. The van der Waals surface area contributed by atoms with E-state index in [1.807, 2.05) is 11.8 Å². The van der Waals surface area contributed by atoms with Crippen LogP contribution in [0.2, 0.25) is 5.02 Å². The summed E-state index contributed by atoms with van der Waals surface area (Å²) < 4.78 is 14.0. The van der Waals surface area contributed by atoms with Crippen molar-refractivity contribution in [3.63, 3.8) is 0 Å². The number of hydrogen-bond donors (Lipinski definition) is 1. The zero-order chi connectivity index (χ0) is 12.4. The van der Waals surface area contributed by atoms with Crippen LogP contribution < -0.4 is 5.32 Å². The van der Waals surface area contributed by atoms with Gasteiger partial charge in [-0.05, 0) is 30.7 Å². The second-order valence-corrected chi connectivity index (χ2v) is 6.14. The van der Waals surface area contributed by atoms with Crippen molar-refractivity contribution in [2.75, 3.05) is 6.54 Å². The number of halogens is 2. The van der Waals surface area contributed by atoms with Crippen LogP contribution in [0.3, 0.4) is 0 Å². The Morgan fingerprint density at radius 3 is 3.00 bits per heavy atom. The molecule has 2 unspecified atom stereocenters. The Labute approximate surface area is 111 Å². The van der Waals surface area contributed by atoms with E-state index in [-0.39, 0.29) is 11.9 Å². The summed E-state index contributed by atoms with van der Waals surface area (Å²) in [7, 11) is 0. The second kappa shape index (κ2) is 5.59. The van der Waals surface area contributed by atoms with Crippen molar-refractivity contribution in [1.29, 1.82) is 0 Å². The minimum Gasteiger partial charge on any atom is -0.309 e. The second-order valence-electron chi connectivity index (χ2n) is 4.37. The molecule has 4 heteroatoms. The lowest BCUT2D eigenvalue weighted by Gasteiger charge is -2.32. The lowest BCUT2D eigenvalue weighted by molar-refractivity contribution is 0.489. The highest BCUT2D eigenvalue weighted by molar-refractivity contribution is 7.99. The lowest BCUT2D eigenvalue weighted by Crippen LogP contribution is -2.33. The van der Waals surface area contributed by atoms with Crippen LogP contribution in [0.1, 0.15) is 37.4 Å². The van der Waals surface area contributed by atoms with Gasteiger partial charge in [0, 0.05) is 27.6 Å². The Balaban J connectivity index is 2.39. The summed E-state index contributed by atoms with van der Waals surface area (Å²) in [6.07, 6.45) is 1.05. The minimum atomic E-state index is -0.134. The van der Waals surface area contributed by atoms with E-state index in [1.165, 1.54) is 6.07 Å². The van der Waals surface area contributed by atoms with Gasteiger partial charge in [-0.25, -0.2) is 4.39 Å². The van der Waals surface area contributed by atoms with Crippen LogP contribution in [0.25, 0.3) is 0 Å². The number of fused-ring (bicyclic) bond motifs is 1. The van der Waals surface area contributed by atoms with Gasteiger partial charge in [-0.2, -0.15) is 11.8 Å². The summed E-state index contributed by atoms with van der Waals surface area (Å²) in [5, 5.41) is 4.49.